The molecule has 2 heterocycles. The number of nitrogens with one attached hydrogen (secondary N) is 1. The Hall–Kier alpha value is -4.16. The molecule has 0 aliphatic carbocycles. The molecule has 11 heteroatoms. The van der Waals surface area contributed by atoms with Crippen LogP contribution in [0.2, 0.25) is 0 Å². The zero-order valence-electron chi connectivity index (χ0n) is 26.3. The van der Waals surface area contributed by atoms with Gasteiger partial charge in [0.15, 0.2) is 0 Å². The average Bonchev–Trinajstić information content (AvgIpc) is 3.07. The fourth-order valence-electron chi connectivity index (χ4n) is 5.94. The van der Waals surface area contributed by atoms with Crippen LogP contribution in [0.4, 0.5) is 0 Å². The molecule has 2 aliphatic rings. The van der Waals surface area contributed by atoms with Gasteiger partial charge in [-0.2, -0.15) is 0 Å². The topological polar surface area (TPSA) is 140 Å². The summed E-state index contributed by atoms with van der Waals surface area (Å²) in [5, 5.41) is 4.10. The number of para-hydroxylation sites is 1. The van der Waals surface area contributed by atoms with Crippen LogP contribution in [0.3, 0.4) is 0 Å². The van der Waals surface area contributed by atoms with Crippen LogP contribution in [0.5, 0.6) is 5.75 Å². The predicted molar refractivity (Wildman–Crippen MR) is 173 cm³/mol. The van der Waals surface area contributed by atoms with Crippen LogP contribution in [0.1, 0.15) is 79.1 Å². The molecule has 11 nitrogen and oxygen atoms in total. The third-order valence-electron chi connectivity index (χ3n) is 8.30. The lowest BCUT2D eigenvalue weighted by Gasteiger charge is -2.32. The Labute approximate surface area is 268 Å². The van der Waals surface area contributed by atoms with E-state index in [-0.39, 0.29) is 13.1 Å². The standard InChI is InChI=1S/C35H42N4O7/c1-44-29-10-3-2-9-24(29)23-37-16-7-17-38-32(40)25-11-13-27-31-28(14-12-26(30(25)31)33(38)41)35(43)39(34(27)42)18-8-22-46-20-5-4-19-45-21-6-15-36/h2-3,9-14,37H,4-8,15-23,36H2,1H3. The second-order valence-corrected chi connectivity index (χ2v) is 11.4. The van der Waals surface area contributed by atoms with E-state index in [0.29, 0.717) is 91.9 Å². The van der Waals surface area contributed by atoms with Gasteiger partial charge in [0.05, 0.1) is 7.11 Å². The molecule has 0 aromatic heterocycles. The molecular weight excluding hydrogens is 588 g/mol. The van der Waals surface area contributed by atoms with E-state index < -0.39 is 23.6 Å². The number of unbranched alkanes of at least 4 members (excludes halogenated alkanes) is 1. The second-order valence-electron chi connectivity index (χ2n) is 11.4. The monoisotopic (exact) mass is 630 g/mol. The fraction of sp³-hybridized carbons (Fsp3) is 0.429. The molecular formula is C35H42N4O7. The van der Waals surface area contributed by atoms with Gasteiger partial charge in [0.25, 0.3) is 23.6 Å². The molecule has 0 saturated heterocycles. The highest BCUT2D eigenvalue weighted by atomic mass is 16.5. The molecule has 3 N–H and O–H groups in total. The second kappa shape index (κ2) is 15.9. The molecule has 244 valence electrons. The molecule has 3 aromatic carbocycles. The van der Waals surface area contributed by atoms with Crippen molar-refractivity contribution in [1.29, 1.82) is 0 Å². The number of hydrogen-bond donors (Lipinski definition) is 2. The van der Waals surface area contributed by atoms with Crippen molar-refractivity contribution >= 4 is 34.4 Å². The van der Waals surface area contributed by atoms with Crippen molar-refractivity contribution in [3.05, 3.63) is 76.3 Å². The average molecular weight is 631 g/mol. The van der Waals surface area contributed by atoms with Crippen molar-refractivity contribution in [3.63, 3.8) is 0 Å². The van der Waals surface area contributed by atoms with Gasteiger partial charge in [-0.1, -0.05) is 18.2 Å². The first-order valence-electron chi connectivity index (χ1n) is 16.0. The van der Waals surface area contributed by atoms with Gasteiger partial charge in [-0.25, -0.2) is 0 Å². The van der Waals surface area contributed by atoms with E-state index in [2.05, 4.69) is 5.32 Å². The first kappa shape index (κ1) is 33.2. The lowest BCUT2D eigenvalue weighted by molar-refractivity contribution is 0.0567. The van der Waals surface area contributed by atoms with Gasteiger partial charge < -0.3 is 25.3 Å². The number of carbonyl (C=O) groups is 4. The summed E-state index contributed by atoms with van der Waals surface area (Å²) in [6.07, 6.45) is 3.66. The fourth-order valence-corrected chi connectivity index (χ4v) is 5.94. The van der Waals surface area contributed by atoms with Gasteiger partial charge in [0.1, 0.15) is 5.75 Å². The minimum absolute atomic E-state index is 0.209. The molecule has 0 atom stereocenters. The molecule has 5 rings (SSSR count). The van der Waals surface area contributed by atoms with Crippen molar-refractivity contribution < 1.29 is 33.4 Å². The van der Waals surface area contributed by atoms with Gasteiger partial charge in [-0.15, -0.1) is 0 Å². The highest BCUT2D eigenvalue weighted by molar-refractivity contribution is 6.33. The minimum Gasteiger partial charge on any atom is -0.496 e. The molecule has 4 amide bonds. The Morgan fingerprint density at radius 2 is 1.11 bits per heavy atom. The van der Waals surface area contributed by atoms with Crippen LogP contribution in [-0.4, -0.2) is 93.1 Å². The van der Waals surface area contributed by atoms with Gasteiger partial charge in [0.2, 0.25) is 0 Å². The number of imide groups is 2. The lowest BCUT2D eigenvalue weighted by atomic mass is 9.86. The van der Waals surface area contributed by atoms with E-state index in [0.717, 1.165) is 30.6 Å². The van der Waals surface area contributed by atoms with Crippen LogP contribution in [0, 0.1) is 0 Å². The summed E-state index contributed by atoms with van der Waals surface area (Å²) >= 11 is 0. The lowest BCUT2D eigenvalue weighted by Crippen LogP contribution is -2.44. The molecule has 2 aliphatic heterocycles. The summed E-state index contributed by atoms with van der Waals surface area (Å²) in [5.74, 6) is -0.914. The summed E-state index contributed by atoms with van der Waals surface area (Å²) in [6, 6.07) is 14.1. The highest BCUT2D eigenvalue weighted by Gasteiger charge is 2.39. The maximum absolute atomic E-state index is 13.5. The smallest absolute Gasteiger partial charge is 0.261 e. The maximum atomic E-state index is 13.5. The molecule has 0 spiro atoms. The Morgan fingerprint density at radius 3 is 1.63 bits per heavy atom. The van der Waals surface area contributed by atoms with Crippen molar-refractivity contribution in [2.75, 3.05) is 59.7 Å². The first-order valence-corrected chi connectivity index (χ1v) is 16.0. The van der Waals surface area contributed by atoms with E-state index in [1.165, 1.54) is 9.80 Å². The van der Waals surface area contributed by atoms with Crippen molar-refractivity contribution in [2.45, 2.75) is 38.6 Å². The molecule has 0 bridgehead atoms. The third-order valence-corrected chi connectivity index (χ3v) is 8.30. The van der Waals surface area contributed by atoms with Gasteiger partial charge in [-0.3, -0.25) is 29.0 Å². The van der Waals surface area contributed by atoms with Crippen LogP contribution < -0.4 is 15.8 Å². The normalized spacial score (nSPS) is 14.1. The minimum atomic E-state index is -0.431. The number of carbonyl (C=O) groups excluding carboxylic acids is 4. The SMILES string of the molecule is COc1ccccc1CNCCCN1C(=O)c2ccc3c4c(ccc(c24)C1=O)C(=O)N(CCCOCCCCOCCCN)C3=O. The van der Waals surface area contributed by atoms with E-state index in [1.54, 1.807) is 31.4 Å². The van der Waals surface area contributed by atoms with Crippen LogP contribution >= 0.6 is 0 Å². The first-order chi connectivity index (χ1) is 22.5. The van der Waals surface area contributed by atoms with Crippen LogP contribution in [0.15, 0.2) is 48.5 Å². The molecule has 0 fully saturated rings. The number of nitrogens with two attached hydrogens (primary N) is 1. The zero-order chi connectivity index (χ0) is 32.5. The Bertz CT molecular complexity index is 1520. The largest absolute Gasteiger partial charge is 0.496 e. The number of nitrogens with zero attached hydrogens (tertiary/aromatic N) is 2. The Kier molecular flexibility index (Phi) is 11.5. The quantitative estimate of drug-likeness (QED) is 0.150. The summed E-state index contributed by atoms with van der Waals surface area (Å²) in [6.45, 7) is 4.59. The van der Waals surface area contributed by atoms with E-state index in [1.807, 2.05) is 24.3 Å². The summed E-state index contributed by atoms with van der Waals surface area (Å²) in [5.41, 5.74) is 7.76. The van der Waals surface area contributed by atoms with Gasteiger partial charge in [-0.05, 0) is 75.5 Å². The molecule has 0 radical (unpaired) electrons. The van der Waals surface area contributed by atoms with Gasteiger partial charge >= 0.3 is 0 Å². The molecule has 0 unspecified atom stereocenters. The third kappa shape index (κ3) is 7.13. The van der Waals surface area contributed by atoms with E-state index >= 15 is 0 Å². The van der Waals surface area contributed by atoms with Crippen molar-refractivity contribution in [3.8, 4) is 5.75 Å². The summed E-state index contributed by atoms with van der Waals surface area (Å²) < 4.78 is 16.6. The summed E-state index contributed by atoms with van der Waals surface area (Å²) in [7, 11) is 1.63. The maximum Gasteiger partial charge on any atom is 0.261 e. The Balaban J connectivity index is 1.17. The van der Waals surface area contributed by atoms with E-state index in [4.69, 9.17) is 19.9 Å². The summed E-state index contributed by atoms with van der Waals surface area (Å²) in [4.78, 5) is 56.5. The number of ether oxygens (including phenoxy) is 3. The number of benzene rings is 3. The molecule has 3 aromatic rings. The predicted octanol–water partition coefficient (Wildman–Crippen LogP) is 3.77. The van der Waals surface area contributed by atoms with Crippen LogP contribution in [-0.2, 0) is 16.0 Å². The number of hydrogen-bond acceptors (Lipinski definition) is 9. The van der Waals surface area contributed by atoms with Gasteiger partial charge in [0, 0.05) is 84.7 Å². The zero-order valence-corrected chi connectivity index (χ0v) is 26.3. The van der Waals surface area contributed by atoms with E-state index in [9.17, 15) is 19.2 Å². The van der Waals surface area contributed by atoms with Crippen molar-refractivity contribution in [2.24, 2.45) is 5.73 Å². The Morgan fingerprint density at radius 1 is 0.630 bits per heavy atom. The number of methoxy groups -OCH3 is 1. The number of rotatable bonds is 19. The molecule has 46 heavy (non-hydrogen) atoms. The van der Waals surface area contributed by atoms with Crippen LogP contribution in [0.25, 0.3) is 10.8 Å². The number of amides is 4. The highest BCUT2D eigenvalue weighted by Crippen LogP contribution is 2.37. The van der Waals surface area contributed by atoms with Crippen molar-refractivity contribution in [1.82, 2.24) is 15.1 Å². The molecule has 0 saturated carbocycles.